The lowest BCUT2D eigenvalue weighted by atomic mass is 10.1. The Bertz CT molecular complexity index is 116. The molecule has 0 amide bonds. The summed E-state index contributed by atoms with van der Waals surface area (Å²) in [4.78, 5) is 10.1. The van der Waals surface area contributed by atoms with Crippen molar-refractivity contribution in [2.45, 2.75) is 25.8 Å². The van der Waals surface area contributed by atoms with Crippen molar-refractivity contribution in [1.82, 2.24) is 5.32 Å². The number of carbonyl (C=O) groups is 1. The molecule has 0 heterocycles. The molecule has 4 heteroatoms. The quantitative estimate of drug-likeness (QED) is 0.505. The van der Waals surface area contributed by atoms with Crippen LogP contribution in [0.3, 0.4) is 0 Å². The van der Waals surface area contributed by atoms with Crippen molar-refractivity contribution in [3.63, 3.8) is 0 Å². The third-order valence-electron chi connectivity index (χ3n) is 1.51. The Morgan fingerprint density at radius 2 is 2.27 bits per heavy atom. The van der Waals surface area contributed by atoms with Crippen LogP contribution >= 0.6 is 0 Å². The SMILES string of the molecule is CCC(CCO)NCC(=O)O. The zero-order valence-electron chi connectivity index (χ0n) is 6.71. The van der Waals surface area contributed by atoms with E-state index in [0.29, 0.717) is 6.42 Å². The van der Waals surface area contributed by atoms with E-state index in [2.05, 4.69) is 5.32 Å². The van der Waals surface area contributed by atoms with Gasteiger partial charge in [-0.25, -0.2) is 0 Å². The molecule has 0 aromatic heterocycles. The molecule has 1 atom stereocenters. The summed E-state index contributed by atoms with van der Waals surface area (Å²) < 4.78 is 0. The summed E-state index contributed by atoms with van der Waals surface area (Å²) in [6, 6.07) is 0.121. The lowest BCUT2D eigenvalue weighted by Gasteiger charge is -2.13. The van der Waals surface area contributed by atoms with Crippen LogP contribution in [0.2, 0.25) is 0 Å². The van der Waals surface area contributed by atoms with Gasteiger partial charge in [0.2, 0.25) is 0 Å². The lowest BCUT2D eigenvalue weighted by Crippen LogP contribution is -2.33. The second kappa shape index (κ2) is 6.12. The fraction of sp³-hybridized carbons (Fsp3) is 0.857. The molecule has 66 valence electrons. The minimum Gasteiger partial charge on any atom is -0.480 e. The van der Waals surface area contributed by atoms with Gasteiger partial charge in [0, 0.05) is 12.6 Å². The molecule has 11 heavy (non-hydrogen) atoms. The minimum atomic E-state index is -0.860. The highest BCUT2D eigenvalue weighted by Gasteiger charge is 2.05. The van der Waals surface area contributed by atoms with Crippen LogP contribution in [0, 0.1) is 0 Å². The summed E-state index contributed by atoms with van der Waals surface area (Å²) in [6.45, 7) is 2.03. The number of carboxylic acid groups (broad SMARTS) is 1. The molecule has 0 radical (unpaired) electrons. The number of aliphatic carboxylic acids is 1. The maximum Gasteiger partial charge on any atom is 0.317 e. The molecule has 0 rings (SSSR count). The molecular formula is C7H15NO3. The Morgan fingerprint density at radius 3 is 2.64 bits per heavy atom. The monoisotopic (exact) mass is 161 g/mol. The van der Waals surface area contributed by atoms with Crippen LogP contribution in [0.25, 0.3) is 0 Å². The van der Waals surface area contributed by atoms with Crippen molar-refractivity contribution in [1.29, 1.82) is 0 Å². The first-order valence-corrected chi connectivity index (χ1v) is 3.76. The normalized spacial score (nSPS) is 12.9. The van der Waals surface area contributed by atoms with Crippen LogP contribution in [0.5, 0.6) is 0 Å². The first-order chi connectivity index (χ1) is 5.20. The maximum absolute atomic E-state index is 10.1. The molecule has 0 aliphatic carbocycles. The topological polar surface area (TPSA) is 69.6 Å². The number of nitrogens with one attached hydrogen (secondary N) is 1. The van der Waals surface area contributed by atoms with E-state index in [4.69, 9.17) is 10.2 Å². The predicted molar refractivity (Wildman–Crippen MR) is 41.4 cm³/mol. The smallest absolute Gasteiger partial charge is 0.317 e. The zero-order valence-corrected chi connectivity index (χ0v) is 6.71. The van der Waals surface area contributed by atoms with E-state index in [-0.39, 0.29) is 19.2 Å². The van der Waals surface area contributed by atoms with E-state index < -0.39 is 5.97 Å². The van der Waals surface area contributed by atoms with E-state index in [9.17, 15) is 4.79 Å². The number of aliphatic hydroxyl groups excluding tert-OH is 1. The van der Waals surface area contributed by atoms with Crippen LogP contribution in [0.4, 0.5) is 0 Å². The Balaban J connectivity index is 3.43. The third-order valence-corrected chi connectivity index (χ3v) is 1.51. The fourth-order valence-corrected chi connectivity index (χ4v) is 0.838. The average molecular weight is 161 g/mol. The summed E-state index contributed by atoms with van der Waals surface area (Å²) in [5.74, 6) is -0.860. The molecule has 3 N–H and O–H groups in total. The molecule has 0 aliphatic rings. The van der Waals surface area contributed by atoms with Crippen LogP contribution in [-0.2, 0) is 4.79 Å². The molecule has 0 aromatic rings. The maximum atomic E-state index is 10.1. The molecule has 0 saturated carbocycles. The van der Waals surface area contributed by atoms with Gasteiger partial charge < -0.3 is 15.5 Å². The number of rotatable bonds is 6. The van der Waals surface area contributed by atoms with Crippen molar-refractivity contribution >= 4 is 5.97 Å². The van der Waals surface area contributed by atoms with Gasteiger partial charge in [-0.1, -0.05) is 6.92 Å². The lowest BCUT2D eigenvalue weighted by molar-refractivity contribution is -0.136. The molecule has 0 bridgehead atoms. The molecular weight excluding hydrogens is 146 g/mol. The molecule has 1 unspecified atom stereocenters. The standard InChI is InChI=1S/C7H15NO3/c1-2-6(3-4-9)8-5-7(10)11/h6,8-9H,2-5H2,1H3,(H,10,11). The highest BCUT2D eigenvalue weighted by molar-refractivity contribution is 5.69. The Hall–Kier alpha value is -0.610. The summed E-state index contributed by atoms with van der Waals surface area (Å²) >= 11 is 0. The first-order valence-electron chi connectivity index (χ1n) is 3.76. The van der Waals surface area contributed by atoms with Crippen molar-refractivity contribution < 1.29 is 15.0 Å². The number of aliphatic hydroxyl groups is 1. The molecule has 4 nitrogen and oxygen atoms in total. The van der Waals surface area contributed by atoms with Crippen LogP contribution in [0.1, 0.15) is 19.8 Å². The van der Waals surface area contributed by atoms with Gasteiger partial charge >= 0.3 is 5.97 Å². The fourth-order valence-electron chi connectivity index (χ4n) is 0.838. The summed E-state index contributed by atoms with van der Waals surface area (Å²) in [7, 11) is 0. The number of hydrogen-bond donors (Lipinski definition) is 3. The Kier molecular flexibility index (Phi) is 5.78. The second-order valence-electron chi connectivity index (χ2n) is 2.39. The van der Waals surface area contributed by atoms with Crippen molar-refractivity contribution in [2.75, 3.05) is 13.2 Å². The van der Waals surface area contributed by atoms with Gasteiger partial charge in [0.25, 0.3) is 0 Å². The Labute approximate surface area is 66.2 Å². The summed E-state index contributed by atoms with van der Waals surface area (Å²) in [5, 5.41) is 19.7. The molecule has 0 aliphatic heterocycles. The third kappa shape index (κ3) is 5.82. The van der Waals surface area contributed by atoms with Gasteiger partial charge in [-0.3, -0.25) is 4.79 Å². The van der Waals surface area contributed by atoms with Gasteiger partial charge in [0.05, 0.1) is 6.54 Å². The number of carboxylic acids is 1. The number of hydrogen-bond acceptors (Lipinski definition) is 3. The molecule has 0 fully saturated rings. The van der Waals surface area contributed by atoms with E-state index in [1.807, 2.05) is 6.92 Å². The van der Waals surface area contributed by atoms with Gasteiger partial charge in [0.15, 0.2) is 0 Å². The molecule has 0 spiro atoms. The minimum absolute atomic E-state index is 0.0293. The largest absolute Gasteiger partial charge is 0.480 e. The van der Waals surface area contributed by atoms with E-state index in [1.165, 1.54) is 0 Å². The van der Waals surface area contributed by atoms with Crippen molar-refractivity contribution in [3.05, 3.63) is 0 Å². The highest BCUT2D eigenvalue weighted by atomic mass is 16.4. The predicted octanol–water partition coefficient (Wildman–Crippen LogP) is -0.178. The van der Waals surface area contributed by atoms with E-state index >= 15 is 0 Å². The summed E-state index contributed by atoms with van der Waals surface area (Å²) in [6.07, 6.45) is 1.46. The van der Waals surface area contributed by atoms with Crippen LogP contribution < -0.4 is 5.32 Å². The zero-order chi connectivity index (χ0) is 8.69. The molecule has 0 saturated heterocycles. The average Bonchev–Trinajstić information content (AvgIpc) is 1.97. The van der Waals surface area contributed by atoms with Gasteiger partial charge in [-0.15, -0.1) is 0 Å². The van der Waals surface area contributed by atoms with E-state index in [0.717, 1.165) is 6.42 Å². The summed E-state index contributed by atoms with van der Waals surface area (Å²) in [5.41, 5.74) is 0. The van der Waals surface area contributed by atoms with Gasteiger partial charge in [0.1, 0.15) is 0 Å². The van der Waals surface area contributed by atoms with Gasteiger partial charge in [-0.05, 0) is 12.8 Å². The van der Waals surface area contributed by atoms with Crippen molar-refractivity contribution in [2.24, 2.45) is 0 Å². The van der Waals surface area contributed by atoms with Gasteiger partial charge in [-0.2, -0.15) is 0 Å². The second-order valence-corrected chi connectivity index (χ2v) is 2.39. The van der Waals surface area contributed by atoms with Crippen molar-refractivity contribution in [3.8, 4) is 0 Å². The van der Waals surface area contributed by atoms with Crippen LogP contribution in [-0.4, -0.2) is 35.4 Å². The Morgan fingerprint density at radius 1 is 1.64 bits per heavy atom. The highest BCUT2D eigenvalue weighted by Crippen LogP contribution is 1.94. The van der Waals surface area contributed by atoms with E-state index in [1.54, 1.807) is 0 Å². The van der Waals surface area contributed by atoms with Crippen LogP contribution in [0.15, 0.2) is 0 Å². The molecule has 0 aromatic carbocycles. The first kappa shape index (κ1) is 10.4.